The number of phenolic OH excluding ortho intramolecular Hbond substituents is 1. The Bertz CT molecular complexity index is 3560. The Balaban J connectivity index is 0.000000542. The van der Waals surface area contributed by atoms with Crippen molar-refractivity contribution in [3.8, 4) is 30.1 Å². The van der Waals surface area contributed by atoms with Crippen LogP contribution in [0.1, 0.15) is 59.1 Å². The van der Waals surface area contributed by atoms with Crippen LogP contribution in [0.4, 0.5) is 0 Å². The summed E-state index contributed by atoms with van der Waals surface area (Å²) >= 11 is 6.46. The first-order valence-electron chi connectivity index (χ1n) is 21.7. The number of benzene rings is 5. The summed E-state index contributed by atoms with van der Waals surface area (Å²) < 4.78 is 32.2. The number of halogens is 2. The summed E-state index contributed by atoms with van der Waals surface area (Å²) in [6.45, 7) is 2.82. The molecule has 8 aromatic rings. The molecule has 1 unspecified atom stereocenters. The van der Waals surface area contributed by atoms with E-state index in [0.717, 1.165) is 30.4 Å². The van der Waals surface area contributed by atoms with Crippen LogP contribution in [0.5, 0.6) is 17.2 Å². The van der Waals surface area contributed by atoms with Gasteiger partial charge in [-0.2, -0.15) is 0 Å². The summed E-state index contributed by atoms with van der Waals surface area (Å²) in [6, 6.07) is 36.8. The Morgan fingerprint density at radius 1 is 0.636 bits per heavy atom. The molecule has 77 heavy (non-hydrogen) atoms. The molecule has 0 saturated heterocycles. The van der Waals surface area contributed by atoms with Crippen molar-refractivity contribution in [2.45, 2.75) is 54.1 Å². The molecule has 1 atom stereocenters. The number of aromatic hydroxyl groups is 1. The van der Waals surface area contributed by atoms with E-state index >= 15 is 0 Å². The van der Waals surface area contributed by atoms with Gasteiger partial charge in [0.05, 0.1) is 8.95 Å². The van der Waals surface area contributed by atoms with E-state index in [0.29, 0.717) is 49.5 Å². The van der Waals surface area contributed by atoms with E-state index in [1.807, 2.05) is 60.7 Å². The van der Waals surface area contributed by atoms with Gasteiger partial charge in [-0.05, 0) is 79.4 Å². The molecule has 3 aromatic heterocycles. The summed E-state index contributed by atoms with van der Waals surface area (Å²) in [5.41, 5.74) is 1.90. The number of nitrogens with one attached hydrogen (secondary N) is 2. The van der Waals surface area contributed by atoms with Crippen molar-refractivity contribution >= 4 is 100 Å². The standard InChI is InChI=1S/C19H14BrNO5.C19H13NO5.C9H5BrO3.2C2H4O2.C2H2.2CH4.Pd/c20-14-8-13-6-7-18(23)25-15(13)9-16(14)26-19(24)10-17(22)21-11-12-4-2-1-3-5-12;21-16-7-6-12-8-13-15(9-14(12)24-16)25-19(23)17(13)18(22)20-10-11-4-2-1-3-5-11;10-6-3-5-1-2-9(12)13-8(5)4-7(6)11;2*1-2(3)4;1-2;;;/h1-9H,10-11H2,(H,21,22);1-9,17H,10H2,(H,20,22);1-4,11H;2*1H3,(H,3,4);1-2H;2*1H4;/i;;;;;1D;;;. The maximum absolute atomic E-state index is 12.5. The van der Waals surface area contributed by atoms with Gasteiger partial charge in [-0.15, -0.1) is 12.8 Å². The molecule has 22 heteroatoms. The zero-order chi connectivity index (χ0) is 55.2. The molecule has 9 rings (SSSR count). The van der Waals surface area contributed by atoms with Gasteiger partial charge < -0.3 is 48.7 Å². The number of hydrogen-bond donors (Lipinski definition) is 5. The van der Waals surface area contributed by atoms with Gasteiger partial charge in [0.15, 0.2) is 5.92 Å². The Morgan fingerprint density at radius 2 is 1.05 bits per heavy atom. The number of phenols is 1. The fraction of sp³-hybridized carbons (Fsp3) is 0.145. The predicted octanol–water partition coefficient (Wildman–Crippen LogP) is 9.24. The molecular weight excluding hydrogens is 1230 g/mol. The van der Waals surface area contributed by atoms with Crippen molar-refractivity contribution in [2.75, 3.05) is 0 Å². The molecular formula is C55H50Br2N2O17Pd. The van der Waals surface area contributed by atoms with Gasteiger partial charge in [-0.1, -0.05) is 75.5 Å². The summed E-state index contributed by atoms with van der Waals surface area (Å²) in [6.07, 6.45) is 5.34. The minimum atomic E-state index is -1.03. The van der Waals surface area contributed by atoms with Gasteiger partial charge in [-0.3, -0.25) is 28.8 Å². The minimum Gasteiger partial charge on any atom is -0.507 e. The van der Waals surface area contributed by atoms with E-state index in [2.05, 4.69) is 48.9 Å². The van der Waals surface area contributed by atoms with Crippen molar-refractivity contribution in [3.05, 3.63) is 190 Å². The number of carboxylic acids is 2. The van der Waals surface area contributed by atoms with Crippen LogP contribution in [0.15, 0.2) is 170 Å². The zero-order valence-corrected chi connectivity index (χ0v) is 43.8. The van der Waals surface area contributed by atoms with Gasteiger partial charge in [0.2, 0.25) is 11.8 Å². The number of amides is 2. The third-order valence-corrected chi connectivity index (χ3v) is 10.6. The minimum absolute atomic E-state index is 0. The summed E-state index contributed by atoms with van der Waals surface area (Å²) in [7, 11) is 0. The van der Waals surface area contributed by atoms with Gasteiger partial charge in [0.25, 0.3) is 11.9 Å². The summed E-state index contributed by atoms with van der Waals surface area (Å²) in [5.74, 6) is -4.45. The molecule has 0 fully saturated rings. The molecule has 2 amide bonds. The molecule has 0 bridgehead atoms. The van der Waals surface area contributed by atoms with Crippen LogP contribution in [0.2, 0.25) is 0 Å². The third kappa shape index (κ3) is 21.4. The van der Waals surface area contributed by atoms with Crippen molar-refractivity contribution < 1.29 is 88.6 Å². The van der Waals surface area contributed by atoms with E-state index in [-0.39, 0.29) is 58.1 Å². The Hall–Kier alpha value is -8.47. The maximum atomic E-state index is 12.5. The number of esters is 2. The number of carbonyl (C=O) groups is 6. The first-order chi connectivity index (χ1) is 35.7. The number of ether oxygens (including phenoxy) is 2. The number of carboxylic acid groups (broad SMARTS) is 2. The van der Waals surface area contributed by atoms with Crippen molar-refractivity contribution in [1.82, 2.24) is 10.6 Å². The van der Waals surface area contributed by atoms with E-state index in [1.54, 1.807) is 36.4 Å². The number of aliphatic carboxylic acids is 2. The number of carbonyl (C=O) groups excluding carboxylic acids is 4. The van der Waals surface area contributed by atoms with Crippen LogP contribution >= 0.6 is 31.9 Å². The maximum Gasteiger partial charge on any atom is 0.336 e. The second kappa shape index (κ2) is 32.8. The fourth-order valence-electron chi connectivity index (χ4n) is 6.23. The van der Waals surface area contributed by atoms with Gasteiger partial charge in [0, 0.05) is 105 Å². The van der Waals surface area contributed by atoms with Gasteiger partial charge in [0.1, 0.15) is 41.8 Å². The topological polar surface area (TPSA) is 296 Å². The van der Waals surface area contributed by atoms with Crippen molar-refractivity contribution in [1.29, 1.82) is 0 Å². The van der Waals surface area contributed by atoms with Crippen LogP contribution in [0.3, 0.4) is 0 Å². The molecule has 4 heterocycles. The molecule has 0 saturated carbocycles. The normalized spacial score (nSPS) is 11.2. The van der Waals surface area contributed by atoms with E-state index < -0.39 is 64.9 Å². The molecule has 0 aliphatic carbocycles. The third-order valence-electron chi connectivity index (χ3n) is 9.30. The smallest absolute Gasteiger partial charge is 0.336 e. The van der Waals surface area contributed by atoms with Crippen LogP contribution in [-0.4, -0.2) is 51.0 Å². The first kappa shape index (κ1) is 64.6. The average Bonchev–Trinajstić information content (AvgIpc) is 3.67. The van der Waals surface area contributed by atoms with E-state index in [4.69, 9.17) is 43.9 Å². The summed E-state index contributed by atoms with van der Waals surface area (Å²) in [5, 5.41) is 31.6. The molecule has 406 valence electrons. The monoisotopic (exact) mass is 1280 g/mol. The molecule has 0 spiro atoms. The van der Waals surface area contributed by atoms with Crippen molar-refractivity contribution in [2.24, 2.45) is 0 Å². The largest absolute Gasteiger partial charge is 0.507 e. The molecule has 1 aliphatic rings. The summed E-state index contributed by atoms with van der Waals surface area (Å²) in [4.78, 5) is 99.9. The first-order valence-corrected chi connectivity index (χ1v) is 22.8. The fourth-order valence-corrected chi connectivity index (χ4v) is 7.03. The number of fused-ring (bicyclic) bond motifs is 4. The second-order valence-corrected chi connectivity index (χ2v) is 16.6. The Labute approximate surface area is 471 Å². The van der Waals surface area contributed by atoms with E-state index in [9.17, 15) is 38.7 Å². The van der Waals surface area contributed by atoms with Crippen LogP contribution in [-0.2, 0) is 62.3 Å². The molecule has 19 nitrogen and oxygen atoms in total. The Morgan fingerprint density at radius 3 is 1.53 bits per heavy atom. The van der Waals surface area contributed by atoms with Gasteiger partial charge in [-0.25, -0.2) is 14.4 Å². The Kier molecular flexibility index (Phi) is 27.5. The quantitative estimate of drug-likeness (QED) is 0.0236. The van der Waals surface area contributed by atoms with Crippen LogP contribution < -0.4 is 37.0 Å². The molecule has 1 aliphatic heterocycles. The average molecular weight is 1280 g/mol. The van der Waals surface area contributed by atoms with Crippen molar-refractivity contribution in [3.63, 3.8) is 0 Å². The van der Waals surface area contributed by atoms with Crippen LogP contribution in [0, 0.1) is 12.8 Å². The number of rotatable bonds is 8. The zero-order valence-electron chi connectivity index (χ0n) is 40.1. The molecule has 5 aromatic carbocycles. The number of terminal acetylenes is 1. The van der Waals surface area contributed by atoms with Crippen LogP contribution in [0.25, 0.3) is 32.9 Å². The molecule has 0 radical (unpaired) electrons. The second-order valence-electron chi connectivity index (χ2n) is 14.9. The number of hydrogen-bond acceptors (Lipinski definition) is 15. The van der Waals surface area contributed by atoms with Gasteiger partial charge >= 0.3 is 28.8 Å². The van der Waals surface area contributed by atoms with E-state index in [1.165, 1.54) is 42.8 Å². The predicted molar refractivity (Wildman–Crippen MR) is 290 cm³/mol. The SMILES string of the molecule is C.C.CC(=O)O.CC(=O)O.O=C(CC(=O)Oc1cc2oc(=O)ccc2cc1Br)NCc1ccccc1.O=C(NCc1ccccc1)C1C(=O)Oc2cc3oc(=O)ccc3cc21.O=c1ccc2cc(Br)c(O)cc2o1.[2H]C#C.[Pd]. The molecule has 5 N–H and O–H groups in total.